The van der Waals surface area contributed by atoms with Gasteiger partial charge in [0.25, 0.3) is 0 Å². The molecule has 0 saturated heterocycles. The molecule has 0 aliphatic carbocycles. The van der Waals surface area contributed by atoms with E-state index in [0.29, 0.717) is 6.61 Å². The van der Waals surface area contributed by atoms with Crippen molar-refractivity contribution >= 4 is 5.84 Å². The van der Waals surface area contributed by atoms with E-state index >= 15 is 0 Å². The van der Waals surface area contributed by atoms with Gasteiger partial charge in [-0.3, -0.25) is 5.41 Å². The van der Waals surface area contributed by atoms with Crippen LogP contribution in [0.5, 0.6) is 5.75 Å². The minimum absolute atomic E-state index is 0.0319. The number of aliphatic hydroxyl groups excluding tert-OH is 1. The van der Waals surface area contributed by atoms with Gasteiger partial charge in [-0.25, -0.2) is 0 Å². The molecule has 1 aromatic carbocycles. The van der Waals surface area contributed by atoms with Crippen molar-refractivity contribution < 1.29 is 9.84 Å². The number of ether oxygens (including phenoxy) is 1. The van der Waals surface area contributed by atoms with Crippen molar-refractivity contribution in [2.45, 2.75) is 13.5 Å². The van der Waals surface area contributed by atoms with Crippen molar-refractivity contribution in [3.05, 3.63) is 29.8 Å². The van der Waals surface area contributed by atoms with Gasteiger partial charge in [0, 0.05) is 5.92 Å². The Bertz CT molecular complexity index is 322. The lowest BCUT2D eigenvalue weighted by molar-refractivity contribution is 0.279. The summed E-state index contributed by atoms with van der Waals surface area (Å²) < 4.78 is 5.43. The third-order valence-corrected chi connectivity index (χ3v) is 2.14. The monoisotopic (exact) mass is 208 g/mol. The van der Waals surface area contributed by atoms with E-state index in [1.807, 2.05) is 6.92 Å². The van der Waals surface area contributed by atoms with Gasteiger partial charge in [0.1, 0.15) is 5.75 Å². The Kier molecular flexibility index (Phi) is 4.12. The van der Waals surface area contributed by atoms with E-state index in [9.17, 15) is 0 Å². The summed E-state index contributed by atoms with van der Waals surface area (Å²) >= 11 is 0. The number of nitrogens with one attached hydrogen (secondary N) is 1. The molecule has 1 rings (SSSR count). The molecule has 82 valence electrons. The van der Waals surface area contributed by atoms with Crippen LogP contribution in [0.25, 0.3) is 0 Å². The van der Waals surface area contributed by atoms with E-state index in [2.05, 4.69) is 0 Å². The summed E-state index contributed by atoms with van der Waals surface area (Å²) in [6.07, 6.45) is 0. The van der Waals surface area contributed by atoms with Crippen molar-refractivity contribution in [3.8, 4) is 5.75 Å². The number of aliphatic hydroxyl groups is 1. The van der Waals surface area contributed by atoms with Crippen LogP contribution in [0.4, 0.5) is 0 Å². The molecule has 0 heterocycles. The fraction of sp³-hybridized carbons (Fsp3) is 0.364. The fourth-order valence-corrected chi connectivity index (χ4v) is 1.00. The van der Waals surface area contributed by atoms with E-state index in [1.54, 1.807) is 24.3 Å². The summed E-state index contributed by atoms with van der Waals surface area (Å²) in [5.74, 6) is 0.768. The van der Waals surface area contributed by atoms with Crippen molar-refractivity contribution in [1.29, 1.82) is 5.41 Å². The molecule has 1 aromatic rings. The standard InChI is InChI=1S/C11H16N2O2/c1-8(11(12)13)7-15-10-4-2-9(6-14)3-5-10/h2-5,8,14H,6-7H2,1H3,(H3,12,13). The highest BCUT2D eigenvalue weighted by molar-refractivity contribution is 5.79. The fourth-order valence-electron chi connectivity index (χ4n) is 1.00. The van der Waals surface area contributed by atoms with E-state index in [0.717, 1.165) is 11.3 Å². The molecule has 0 radical (unpaired) electrons. The Labute approximate surface area is 89.2 Å². The highest BCUT2D eigenvalue weighted by atomic mass is 16.5. The summed E-state index contributed by atoms with van der Waals surface area (Å²) in [5.41, 5.74) is 6.17. The SMILES string of the molecule is CC(COc1ccc(CO)cc1)C(=N)N. The second-order valence-corrected chi connectivity index (χ2v) is 3.47. The summed E-state index contributed by atoms with van der Waals surface area (Å²) in [5, 5.41) is 16.0. The summed E-state index contributed by atoms with van der Waals surface area (Å²) in [6, 6.07) is 7.18. The van der Waals surface area contributed by atoms with E-state index < -0.39 is 0 Å². The molecule has 4 heteroatoms. The molecule has 0 aliphatic rings. The van der Waals surface area contributed by atoms with Crippen molar-refractivity contribution in [3.63, 3.8) is 0 Å². The average molecular weight is 208 g/mol. The Morgan fingerprint density at radius 1 is 1.47 bits per heavy atom. The molecule has 1 atom stereocenters. The molecule has 4 nitrogen and oxygen atoms in total. The van der Waals surface area contributed by atoms with Crippen LogP contribution in [0.2, 0.25) is 0 Å². The van der Waals surface area contributed by atoms with Gasteiger partial charge in [0.05, 0.1) is 19.0 Å². The van der Waals surface area contributed by atoms with Crippen molar-refractivity contribution in [2.24, 2.45) is 11.7 Å². The molecule has 0 bridgehead atoms. The summed E-state index contributed by atoms with van der Waals surface area (Å²) in [7, 11) is 0. The van der Waals surface area contributed by atoms with Crippen molar-refractivity contribution in [2.75, 3.05) is 6.61 Å². The van der Waals surface area contributed by atoms with Crippen LogP contribution < -0.4 is 10.5 Å². The van der Waals surface area contributed by atoms with Crippen LogP contribution in [0, 0.1) is 11.3 Å². The van der Waals surface area contributed by atoms with Gasteiger partial charge >= 0.3 is 0 Å². The first-order chi connectivity index (χ1) is 7.13. The van der Waals surface area contributed by atoms with E-state index in [1.165, 1.54) is 0 Å². The Balaban J connectivity index is 2.47. The van der Waals surface area contributed by atoms with Crippen LogP contribution in [-0.2, 0) is 6.61 Å². The first-order valence-electron chi connectivity index (χ1n) is 4.80. The van der Waals surface area contributed by atoms with E-state index in [-0.39, 0.29) is 18.4 Å². The minimum Gasteiger partial charge on any atom is -0.493 e. The molecule has 0 spiro atoms. The maximum atomic E-state index is 8.83. The summed E-state index contributed by atoms with van der Waals surface area (Å²) in [4.78, 5) is 0. The van der Waals surface area contributed by atoms with Crippen LogP contribution in [0.15, 0.2) is 24.3 Å². The van der Waals surface area contributed by atoms with Gasteiger partial charge in [-0.2, -0.15) is 0 Å². The van der Waals surface area contributed by atoms with Gasteiger partial charge in [-0.1, -0.05) is 19.1 Å². The number of nitrogens with two attached hydrogens (primary N) is 1. The number of hydrogen-bond donors (Lipinski definition) is 3. The normalized spacial score (nSPS) is 12.1. The molecule has 0 amide bonds. The maximum Gasteiger partial charge on any atom is 0.119 e. The molecule has 0 aliphatic heterocycles. The largest absolute Gasteiger partial charge is 0.493 e. The predicted molar refractivity (Wildman–Crippen MR) is 58.9 cm³/mol. The average Bonchev–Trinajstić information content (AvgIpc) is 2.26. The number of hydrogen-bond acceptors (Lipinski definition) is 3. The van der Waals surface area contributed by atoms with Crippen LogP contribution in [0.3, 0.4) is 0 Å². The Hall–Kier alpha value is -1.55. The molecule has 1 unspecified atom stereocenters. The molecular weight excluding hydrogens is 192 g/mol. The van der Waals surface area contributed by atoms with Gasteiger partial charge in [-0.15, -0.1) is 0 Å². The molecule has 0 aromatic heterocycles. The lowest BCUT2D eigenvalue weighted by atomic mass is 10.2. The highest BCUT2D eigenvalue weighted by Gasteiger charge is 2.05. The van der Waals surface area contributed by atoms with Gasteiger partial charge in [0.2, 0.25) is 0 Å². The third kappa shape index (κ3) is 3.59. The molecule has 4 N–H and O–H groups in total. The van der Waals surface area contributed by atoms with Gasteiger partial charge in [0.15, 0.2) is 0 Å². The lowest BCUT2D eigenvalue weighted by Gasteiger charge is -2.11. The van der Waals surface area contributed by atoms with Crippen LogP contribution >= 0.6 is 0 Å². The lowest BCUT2D eigenvalue weighted by Crippen LogP contribution is -2.25. The Morgan fingerprint density at radius 2 is 2.07 bits per heavy atom. The highest BCUT2D eigenvalue weighted by Crippen LogP contribution is 2.13. The topological polar surface area (TPSA) is 79.3 Å². The zero-order chi connectivity index (χ0) is 11.3. The second kappa shape index (κ2) is 5.36. The third-order valence-electron chi connectivity index (χ3n) is 2.14. The minimum atomic E-state index is -0.0810. The van der Waals surface area contributed by atoms with Crippen LogP contribution in [0.1, 0.15) is 12.5 Å². The first kappa shape index (κ1) is 11.5. The number of benzene rings is 1. The van der Waals surface area contributed by atoms with Gasteiger partial charge in [-0.05, 0) is 17.7 Å². The molecular formula is C11H16N2O2. The summed E-state index contributed by atoms with van der Waals surface area (Å²) in [6.45, 7) is 2.27. The smallest absolute Gasteiger partial charge is 0.119 e. The first-order valence-corrected chi connectivity index (χ1v) is 4.80. The number of amidine groups is 1. The van der Waals surface area contributed by atoms with E-state index in [4.69, 9.17) is 21.0 Å². The molecule has 0 fully saturated rings. The Morgan fingerprint density at radius 3 is 2.53 bits per heavy atom. The van der Waals surface area contributed by atoms with Crippen LogP contribution in [-0.4, -0.2) is 17.5 Å². The molecule has 15 heavy (non-hydrogen) atoms. The maximum absolute atomic E-state index is 8.83. The number of rotatable bonds is 5. The zero-order valence-electron chi connectivity index (χ0n) is 8.73. The predicted octanol–water partition coefficient (Wildman–Crippen LogP) is 1.13. The zero-order valence-corrected chi connectivity index (χ0v) is 8.73. The second-order valence-electron chi connectivity index (χ2n) is 3.47. The molecule has 0 saturated carbocycles. The van der Waals surface area contributed by atoms with Crippen molar-refractivity contribution in [1.82, 2.24) is 0 Å². The quantitative estimate of drug-likeness (QED) is 0.501. The van der Waals surface area contributed by atoms with Gasteiger partial charge < -0.3 is 15.6 Å².